The molecule has 19 heavy (non-hydrogen) atoms. The van der Waals surface area contributed by atoms with Gasteiger partial charge in [-0.2, -0.15) is 0 Å². The Morgan fingerprint density at radius 3 is 2.16 bits per heavy atom. The molecular weight excluding hydrogens is 284 g/mol. The summed E-state index contributed by atoms with van der Waals surface area (Å²) in [4.78, 5) is 0.185. The molecule has 0 saturated heterocycles. The van der Waals surface area contributed by atoms with Gasteiger partial charge < -0.3 is 9.11 Å². The van der Waals surface area contributed by atoms with E-state index < -0.39 is 22.2 Å². The maximum Gasteiger partial charge on any atom is 0.0249 e. The van der Waals surface area contributed by atoms with Crippen molar-refractivity contribution in [3.63, 3.8) is 0 Å². The van der Waals surface area contributed by atoms with Crippen LogP contribution in [-0.4, -0.2) is 17.5 Å². The molecule has 0 aliphatic rings. The first-order valence-corrected chi connectivity index (χ1v) is 7.43. The minimum atomic E-state index is -2.33. The fourth-order valence-electron chi connectivity index (χ4n) is 1.36. The van der Waals surface area contributed by atoms with Crippen LogP contribution in [-0.2, 0) is 22.2 Å². The molecule has 1 aromatic rings. The largest absolute Gasteiger partial charge is 0.768 e. The number of allylic oxidation sites excluding steroid dienone is 4. The highest BCUT2D eigenvalue weighted by Crippen LogP contribution is 2.18. The van der Waals surface area contributed by atoms with Crippen molar-refractivity contribution in [2.75, 3.05) is 0 Å². The third-order valence-electron chi connectivity index (χ3n) is 2.35. The molecule has 0 fully saturated rings. The maximum absolute atomic E-state index is 10.7. The van der Waals surface area contributed by atoms with Crippen LogP contribution >= 0.6 is 0 Å². The van der Waals surface area contributed by atoms with Crippen molar-refractivity contribution >= 4 is 27.7 Å². The van der Waals surface area contributed by atoms with Crippen molar-refractivity contribution in [1.82, 2.24) is 0 Å². The van der Waals surface area contributed by atoms with Gasteiger partial charge in [-0.15, -0.1) is 0 Å². The van der Waals surface area contributed by atoms with E-state index in [0.717, 1.165) is 11.1 Å². The highest BCUT2D eigenvalue weighted by Gasteiger charge is 1.98. The first kappa shape index (κ1) is 15.7. The first-order chi connectivity index (χ1) is 8.95. The molecular formula is C13H12O4S2-2. The van der Waals surface area contributed by atoms with Crippen molar-refractivity contribution in [2.24, 2.45) is 0 Å². The van der Waals surface area contributed by atoms with Gasteiger partial charge >= 0.3 is 0 Å². The molecule has 0 amide bonds. The van der Waals surface area contributed by atoms with Gasteiger partial charge in [-0.1, -0.05) is 30.9 Å². The predicted octanol–water partition coefficient (Wildman–Crippen LogP) is 2.28. The van der Waals surface area contributed by atoms with Crippen molar-refractivity contribution in [3.05, 3.63) is 59.5 Å². The summed E-state index contributed by atoms with van der Waals surface area (Å²) in [7, 11) is 0. The maximum atomic E-state index is 10.7. The van der Waals surface area contributed by atoms with Gasteiger partial charge in [-0.25, -0.2) is 0 Å². The lowest BCUT2D eigenvalue weighted by atomic mass is 10.1. The summed E-state index contributed by atoms with van der Waals surface area (Å²) in [5, 5.41) is 0. The number of hydrogen-bond acceptors (Lipinski definition) is 4. The van der Waals surface area contributed by atoms with Crippen LogP contribution in [0.25, 0.3) is 5.57 Å². The SMILES string of the molecule is C=C(/C=C\C(=C/C)c1ccc(S(=O)[O-])cc1)S(=O)[O-]. The summed E-state index contributed by atoms with van der Waals surface area (Å²) in [6, 6.07) is 6.27. The molecule has 0 aliphatic carbocycles. The smallest absolute Gasteiger partial charge is 0.0249 e. The second kappa shape index (κ2) is 7.30. The van der Waals surface area contributed by atoms with Crippen molar-refractivity contribution in [2.45, 2.75) is 11.8 Å². The lowest BCUT2D eigenvalue weighted by molar-refractivity contribution is 0.537. The van der Waals surface area contributed by atoms with Crippen LogP contribution in [0.5, 0.6) is 0 Å². The third kappa shape index (κ3) is 4.68. The Morgan fingerprint density at radius 1 is 1.16 bits per heavy atom. The molecule has 0 aromatic heterocycles. The average Bonchev–Trinajstić information content (AvgIpc) is 2.39. The van der Waals surface area contributed by atoms with Crippen LogP contribution in [0.4, 0.5) is 0 Å². The van der Waals surface area contributed by atoms with E-state index in [1.165, 1.54) is 18.2 Å². The van der Waals surface area contributed by atoms with Gasteiger partial charge in [0.15, 0.2) is 0 Å². The van der Waals surface area contributed by atoms with E-state index in [1.54, 1.807) is 31.2 Å². The molecule has 0 bridgehead atoms. The summed E-state index contributed by atoms with van der Waals surface area (Å²) >= 11 is -4.59. The van der Waals surface area contributed by atoms with E-state index >= 15 is 0 Å². The van der Waals surface area contributed by atoms with Gasteiger partial charge in [0.2, 0.25) is 0 Å². The molecule has 0 radical (unpaired) electrons. The number of rotatable bonds is 5. The Bertz CT molecular complexity index is 571. The molecule has 6 heteroatoms. The standard InChI is InChI=1S/C13H14O4S2/c1-3-11(5-4-10(2)18(14)15)12-6-8-13(9-7-12)19(16)17/h3-9H,2H2,1H3,(H,14,15)(H,16,17)/p-2/b5-4-,11-3+. The monoisotopic (exact) mass is 296 g/mol. The van der Waals surface area contributed by atoms with E-state index in [1.807, 2.05) is 0 Å². The van der Waals surface area contributed by atoms with Crippen LogP contribution in [0, 0.1) is 0 Å². The van der Waals surface area contributed by atoms with E-state index in [-0.39, 0.29) is 9.80 Å². The molecule has 4 nitrogen and oxygen atoms in total. The molecule has 102 valence electrons. The summed E-state index contributed by atoms with van der Waals surface area (Å²) in [6.45, 7) is 5.19. The second-order valence-corrected chi connectivity index (χ2v) is 5.47. The normalized spacial score (nSPS) is 15.4. The Labute approximate surface area is 117 Å². The van der Waals surface area contributed by atoms with Crippen molar-refractivity contribution in [1.29, 1.82) is 0 Å². The Balaban J connectivity index is 2.96. The van der Waals surface area contributed by atoms with Crippen molar-refractivity contribution in [3.8, 4) is 0 Å². The molecule has 0 saturated carbocycles. The summed E-state index contributed by atoms with van der Waals surface area (Å²) in [6.07, 6.45) is 4.79. The topological polar surface area (TPSA) is 80.3 Å². The lowest BCUT2D eigenvalue weighted by Gasteiger charge is -2.08. The molecule has 2 atom stereocenters. The van der Waals surface area contributed by atoms with E-state index in [0.29, 0.717) is 0 Å². The van der Waals surface area contributed by atoms with Crippen LogP contribution < -0.4 is 0 Å². The Morgan fingerprint density at radius 2 is 1.74 bits per heavy atom. The molecule has 0 heterocycles. The van der Waals surface area contributed by atoms with Gasteiger partial charge in [-0.3, -0.25) is 8.42 Å². The predicted molar refractivity (Wildman–Crippen MR) is 74.5 cm³/mol. The molecule has 0 N–H and O–H groups in total. The molecule has 0 spiro atoms. The fraction of sp³-hybridized carbons (Fsp3) is 0.0769. The summed E-state index contributed by atoms with van der Waals surface area (Å²) < 4.78 is 42.7. The quantitative estimate of drug-likeness (QED) is 0.616. The highest BCUT2D eigenvalue weighted by molar-refractivity contribution is 7.83. The zero-order valence-corrected chi connectivity index (χ0v) is 11.8. The van der Waals surface area contributed by atoms with Crippen LogP contribution in [0.3, 0.4) is 0 Å². The van der Waals surface area contributed by atoms with E-state index in [2.05, 4.69) is 6.58 Å². The summed E-state index contributed by atoms with van der Waals surface area (Å²) in [5.41, 5.74) is 1.56. The number of benzene rings is 1. The van der Waals surface area contributed by atoms with Crippen molar-refractivity contribution < 1.29 is 17.5 Å². The Kier molecular flexibility index (Phi) is 6.04. The fourth-order valence-corrected chi connectivity index (χ4v) is 1.89. The van der Waals surface area contributed by atoms with Crippen LogP contribution in [0.1, 0.15) is 12.5 Å². The summed E-state index contributed by atoms with van der Waals surface area (Å²) in [5.74, 6) is 0. The highest BCUT2D eigenvalue weighted by atomic mass is 32.2. The van der Waals surface area contributed by atoms with Crippen LogP contribution in [0.15, 0.2) is 58.9 Å². The minimum Gasteiger partial charge on any atom is -0.768 e. The molecule has 1 aromatic carbocycles. The van der Waals surface area contributed by atoms with Gasteiger partial charge in [0, 0.05) is 9.80 Å². The van der Waals surface area contributed by atoms with Crippen LogP contribution in [0.2, 0.25) is 0 Å². The number of hydrogen-bond donors (Lipinski definition) is 0. The zero-order valence-electron chi connectivity index (χ0n) is 10.2. The third-order valence-corrected chi connectivity index (χ3v) is 3.58. The second-order valence-electron chi connectivity index (χ2n) is 3.54. The van der Waals surface area contributed by atoms with Gasteiger partial charge in [0.05, 0.1) is 0 Å². The average molecular weight is 296 g/mol. The molecule has 1 rings (SSSR count). The zero-order chi connectivity index (χ0) is 14.4. The van der Waals surface area contributed by atoms with Gasteiger partial charge in [0.25, 0.3) is 0 Å². The van der Waals surface area contributed by atoms with E-state index in [4.69, 9.17) is 0 Å². The molecule has 2 unspecified atom stereocenters. The lowest BCUT2D eigenvalue weighted by Crippen LogP contribution is -1.90. The Hall–Kier alpha value is -1.34. The minimum absolute atomic E-state index is 0.0170. The first-order valence-electron chi connectivity index (χ1n) is 5.28. The van der Waals surface area contributed by atoms with Gasteiger partial charge in [0.1, 0.15) is 0 Å². The van der Waals surface area contributed by atoms with Gasteiger partial charge in [-0.05, 0) is 58.4 Å². The van der Waals surface area contributed by atoms with E-state index in [9.17, 15) is 17.5 Å². The molecule has 0 aliphatic heterocycles.